The van der Waals surface area contributed by atoms with Gasteiger partial charge in [0.2, 0.25) is 5.91 Å². The smallest absolute Gasteiger partial charge is 0.407 e. The Morgan fingerprint density at radius 3 is 2.29 bits per heavy atom. The van der Waals surface area contributed by atoms with E-state index in [1.54, 1.807) is 0 Å². The Labute approximate surface area is 197 Å². The molecule has 0 aromatic heterocycles. The highest BCUT2D eigenvalue weighted by atomic mass is 16.5. The van der Waals surface area contributed by atoms with E-state index in [1.807, 2.05) is 24.3 Å². The van der Waals surface area contributed by atoms with Crippen molar-refractivity contribution in [2.75, 3.05) is 13.2 Å². The van der Waals surface area contributed by atoms with Crippen molar-refractivity contribution in [2.45, 2.75) is 49.8 Å². The number of rotatable bonds is 5. The third-order valence-corrected chi connectivity index (χ3v) is 7.33. The lowest BCUT2D eigenvalue weighted by atomic mass is 9.98. The summed E-state index contributed by atoms with van der Waals surface area (Å²) in [6.45, 7) is 0.189. The molecule has 0 bridgehead atoms. The zero-order chi connectivity index (χ0) is 23.8. The number of likely N-dealkylation sites (tertiary alicyclic amines) is 1. The van der Waals surface area contributed by atoms with Crippen molar-refractivity contribution < 1.29 is 29.3 Å². The Morgan fingerprint density at radius 2 is 1.65 bits per heavy atom. The summed E-state index contributed by atoms with van der Waals surface area (Å²) in [7, 11) is 0. The van der Waals surface area contributed by atoms with Gasteiger partial charge >= 0.3 is 12.1 Å². The topological polar surface area (TPSA) is 116 Å². The third kappa shape index (κ3) is 4.03. The highest BCUT2D eigenvalue weighted by Crippen LogP contribution is 2.44. The summed E-state index contributed by atoms with van der Waals surface area (Å²) in [6.07, 6.45) is 0.528. The van der Waals surface area contributed by atoms with E-state index < -0.39 is 36.2 Å². The van der Waals surface area contributed by atoms with E-state index in [1.165, 1.54) is 4.90 Å². The molecule has 1 saturated carbocycles. The molecule has 3 aliphatic rings. The largest absolute Gasteiger partial charge is 0.480 e. The van der Waals surface area contributed by atoms with Crippen LogP contribution in [0.3, 0.4) is 0 Å². The molecule has 1 heterocycles. The van der Waals surface area contributed by atoms with Crippen LogP contribution in [-0.2, 0) is 14.3 Å². The summed E-state index contributed by atoms with van der Waals surface area (Å²) in [4.78, 5) is 38.6. The molecule has 8 heteroatoms. The average molecular weight is 465 g/mol. The lowest BCUT2D eigenvalue weighted by molar-refractivity contribution is -0.150. The first-order chi connectivity index (χ1) is 16.4. The van der Waals surface area contributed by atoms with Crippen molar-refractivity contribution in [3.63, 3.8) is 0 Å². The first-order valence-electron chi connectivity index (χ1n) is 11.8. The predicted molar refractivity (Wildman–Crippen MR) is 123 cm³/mol. The highest BCUT2D eigenvalue weighted by Gasteiger charge is 2.44. The van der Waals surface area contributed by atoms with Gasteiger partial charge in [0.25, 0.3) is 0 Å². The minimum absolute atomic E-state index is 0.00393. The molecule has 8 nitrogen and oxygen atoms in total. The maximum absolute atomic E-state index is 13.1. The van der Waals surface area contributed by atoms with Gasteiger partial charge in [-0.1, -0.05) is 55.0 Å². The van der Waals surface area contributed by atoms with Crippen LogP contribution in [0.1, 0.15) is 42.7 Å². The molecule has 1 saturated heterocycles. The molecule has 2 fully saturated rings. The fraction of sp³-hybridized carbons (Fsp3) is 0.423. The van der Waals surface area contributed by atoms with Crippen molar-refractivity contribution in [3.05, 3.63) is 59.7 Å². The normalized spacial score (nSPS) is 25.6. The third-order valence-electron chi connectivity index (χ3n) is 7.33. The number of nitrogens with one attached hydrogen (secondary N) is 1. The quantitative estimate of drug-likeness (QED) is 0.627. The van der Waals surface area contributed by atoms with Crippen LogP contribution in [-0.4, -0.2) is 64.4 Å². The molecule has 0 radical (unpaired) electrons. The van der Waals surface area contributed by atoms with Gasteiger partial charge in [0.1, 0.15) is 12.6 Å². The van der Waals surface area contributed by atoms with Gasteiger partial charge in [-0.05, 0) is 35.1 Å². The van der Waals surface area contributed by atoms with E-state index in [2.05, 4.69) is 29.6 Å². The minimum Gasteiger partial charge on any atom is -0.480 e. The number of ether oxygens (including phenoxy) is 1. The highest BCUT2D eigenvalue weighted by molar-refractivity contribution is 5.87. The minimum atomic E-state index is -1.12. The molecule has 0 unspecified atom stereocenters. The van der Waals surface area contributed by atoms with Crippen LogP contribution < -0.4 is 5.32 Å². The summed E-state index contributed by atoms with van der Waals surface area (Å²) in [5, 5.41) is 22.2. The standard InChI is InChI=1S/C26H28N2O6/c29-15-12-23(25(31)32)28(13-15)24(30)20-10-5-11-22(20)27-26(33)34-14-21-18-8-3-1-6-16(18)17-7-2-4-9-19(17)21/h1-4,6-9,15,20-23,29H,5,10-14H2,(H,27,33)(H,31,32)/t15-,20+,22-,23-/m1/s1. The fourth-order valence-electron chi connectivity index (χ4n) is 5.72. The van der Waals surface area contributed by atoms with Gasteiger partial charge in [-0.25, -0.2) is 9.59 Å². The Morgan fingerprint density at radius 1 is 1.00 bits per heavy atom. The number of hydrogen-bond acceptors (Lipinski definition) is 5. The van der Waals surface area contributed by atoms with Crippen molar-refractivity contribution in [2.24, 2.45) is 5.92 Å². The number of nitrogens with zero attached hydrogens (tertiary/aromatic N) is 1. The van der Waals surface area contributed by atoms with E-state index in [0.29, 0.717) is 12.8 Å². The molecule has 34 heavy (non-hydrogen) atoms. The molecule has 4 atom stereocenters. The van der Waals surface area contributed by atoms with E-state index in [4.69, 9.17) is 4.74 Å². The number of carbonyl (C=O) groups excluding carboxylic acids is 2. The predicted octanol–water partition coefficient (Wildman–Crippen LogP) is 2.74. The fourth-order valence-corrected chi connectivity index (χ4v) is 5.72. The van der Waals surface area contributed by atoms with Crippen molar-refractivity contribution in [3.8, 4) is 11.1 Å². The van der Waals surface area contributed by atoms with Gasteiger partial charge in [0, 0.05) is 24.9 Å². The molecule has 2 aliphatic carbocycles. The number of carboxylic acids is 1. The van der Waals surface area contributed by atoms with Gasteiger partial charge in [0.15, 0.2) is 0 Å². The van der Waals surface area contributed by atoms with Crippen LogP contribution in [0, 0.1) is 5.92 Å². The molecule has 2 aromatic carbocycles. The van der Waals surface area contributed by atoms with E-state index in [-0.39, 0.29) is 31.4 Å². The van der Waals surface area contributed by atoms with Gasteiger partial charge in [0.05, 0.1) is 12.0 Å². The number of β-amino-alcohol motifs (C(OH)–C–C–N with tert-alkyl or cyclic N) is 1. The molecule has 0 spiro atoms. The van der Waals surface area contributed by atoms with Crippen molar-refractivity contribution in [1.29, 1.82) is 0 Å². The summed E-state index contributed by atoms with van der Waals surface area (Å²) in [5.41, 5.74) is 4.54. The summed E-state index contributed by atoms with van der Waals surface area (Å²) in [5.74, 6) is -2.02. The Balaban J connectivity index is 1.23. The van der Waals surface area contributed by atoms with Crippen LogP contribution >= 0.6 is 0 Å². The summed E-state index contributed by atoms with van der Waals surface area (Å²) >= 11 is 0. The molecule has 3 N–H and O–H groups in total. The average Bonchev–Trinajstić information content (AvgIpc) is 3.53. The molecule has 5 rings (SSSR count). The molecule has 1 aliphatic heterocycles. The van der Waals surface area contributed by atoms with Crippen LogP contribution in [0.2, 0.25) is 0 Å². The molecular weight excluding hydrogens is 436 g/mol. The van der Waals surface area contributed by atoms with E-state index in [0.717, 1.165) is 28.7 Å². The van der Waals surface area contributed by atoms with E-state index in [9.17, 15) is 24.6 Å². The number of alkyl carbamates (subject to hydrolysis) is 1. The lowest BCUT2D eigenvalue weighted by Crippen LogP contribution is -2.49. The second-order valence-corrected chi connectivity index (χ2v) is 9.35. The number of hydrogen-bond donors (Lipinski definition) is 3. The Bertz CT molecular complexity index is 1070. The van der Waals surface area contributed by atoms with Crippen LogP contribution in [0.4, 0.5) is 4.79 Å². The number of carbonyl (C=O) groups is 3. The summed E-state index contributed by atoms with van der Waals surface area (Å²) < 4.78 is 5.62. The van der Waals surface area contributed by atoms with Gasteiger partial charge in [-0.2, -0.15) is 0 Å². The second kappa shape index (κ2) is 9.10. The Hall–Kier alpha value is -3.39. The number of aliphatic hydroxyl groups is 1. The van der Waals surface area contributed by atoms with Gasteiger partial charge < -0.3 is 25.2 Å². The number of benzene rings is 2. The van der Waals surface area contributed by atoms with Crippen molar-refractivity contribution in [1.82, 2.24) is 10.2 Å². The molecular formula is C26H28N2O6. The lowest BCUT2D eigenvalue weighted by Gasteiger charge is -2.28. The number of fused-ring (bicyclic) bond motifs is 3. The molecule has 178 valence electrons. The zero-order valence-corrected chi connectivity index (χ0v) is 18.7. The number of aliphatic carboxylic acids is 1. The van der Waals surface area contributed by atoms with Crippen molar-refractivity contribution >= 4 is 18.0 Å². The van der Waals surface area contributed by atoms with Crippen LogP contribution in [0.25, 0.3) is 11.1 Å². The number of amides is 2. The molecule has 2 aromatic rings. The number of carboxylic acid groups (broad SMARTS) is 1. The second-order valence-electron chi connectivity index (χ2n) is 9.35. The number of aliphatic hydroxyl groups excluding tert-OH is 1. The first kappa shape index (κ1) is 22.4. The summed E-state index contributed by atoms with van der Waals surface area (Å²) in [6, 6.07) is 14.7. The van der Waals surface area contributed by atoms with Crippen LogP contribution in [0.15, 0.2) is 48.5 Å². The first-order valence-corrected chi connectivity index (χ1v) is 11.8. The SMILES string of the molecule is O=C(N[C@@H]1CCC[C@@H]1C(=O)N1C[C@H](O)C[C@@H]1C(=O)O)OCC1c2ccccc2-c2ccccc21. The van der Waals surface area contributed by atoms with Crippen LogP contribution in [0.5, 0.6) is 0 Å². The zero-order valence-electron chi connectivity index (χ0n) is 18.7. The van der Waals surface area contributed by atoms with Gasteiger partial charge in [-0.3, -0.25) is 4.79 Å². The molecule has 2 amide bonds. The van der Waals surface area contributed by atoms with Gasteiger partial charge in [-0.15, -0.1) is 0 Å². The van der Waals surface area contributed by atoms with E-state index >= 15 is 0 Å². The maximum atomic E-state index is 13.1. The maximum Gasteiger partial charge on any atom is 0.407 e. The Kier molecular flexibility index (Phi) is 6.00. The monoisotopic (exact) mass is 464 g/mol.